The molecule has 5 heteroatoms. The molecule has 0 saturated carbocycles. The Morgan fingerprint density at radius 3 is 2.67 bits per heavy atom. The zero-order valence-electron chi connectivity index (χ0n) is 7.23. The summed E-state index contributed by atoms with van der Waals surface area (Å²) in [5.41, 5.74) is 5.46. The lowest BCUT2D eigenvalue weighted by molar-refractivity contribution is 0.0311. The fraction of sp³-hybridized carbons (Fsp3) is 0.857. The third-order valence-corrected chi connectivity index (χ3v) is 2.14. The van der Waals surface area contributed by atoms with E-state index in [2.05, 4.69) is 10.1 Å². The third kappa shape index (κ3) is 2.09. The number of ether oxygens (including phenoxy) is 1. The minimum Gasteiger partial charge on any atom is -0.409 e. The second-order valence-electron chi connectivity index (χ2n) is 2.85. The molecule has 0 amide bonds. The molecule has 1 unspecified atom stereocenters. The van der Waals surface area contributed by atoms with Gasteiger partial charge in [-0.05, 0) is 6.92 Å². The average Bonchev–Trinajstić information content (AvgIpc) is 2.17. The molecule has 70 valence electrons. The van der Waals surface area contributed by atoms with E-state index < -0.39 is 0 Å². The summed E-state index contributed by atoms with van der Waals surface area (Å²) in [7, 11) is 0. The number of morpholine rings is 1. The second kappa shape index (κ2) is 4.27. The van der Waals surface area contributed by atoms with Crippen molar-refractivity contribution in [2.24, 2.45) is 10.9 Å². The van der Waals surface area contributed by atoms with Crippen LogP contribution < -0.4 is 5.73 Å². The Kier molecular flexibility index (Phi) is 3.31. The highest BCUT2D eigenvalue weighted by Gasteiger charge is 2.19. The Bertz CT molecular complexity index is 166. The Hall–Kier alpha value is -0.810. The van der Waals surface area contributed by atoms with Gasteiger partial charge in [-0.15, -0.1) is 0 Å². The van der Waals surface area contributed by atoms with Crippen LogP contribution in [0.3, 0.4) is 0 Å². The standard InChI is InChI=1S/C7H15N3O2/c1-6(7(8)9-11)10-2-4-12-5-3-10/h6,11H,2-5H2,1H3,(H2,8,9). The summed E-state index contributed by atoms with van der Waals surface area (Å²) in [5, 5.41) is 11.4. The van der Waals surface area contributed by atoms with Gasteiger partial charge in [0.15, 0.2) is 5.84 Å². The largest absolute Gasteiger partial charge is 0.409 e. The Morgan fingerprint density at radius 2 is 2.17 bits per heavy atom. The van der Waals surface area contributed by atoms with Gasteiger partial charge in [0.1, 0.15) is 0 Å². The van der Waals surface area contributed by atoms with Gasteiger partial charge in [0, 0.05) is 13.1 Å². The highest BCUT2D eigenvalue weighted by Crippen LogP contribution is 2.02. The molecule has 0 aromatic rings. The second-order valence-corrected chi connectivity index (χ2v) is 2.85. The van der Waals surface area contributed by atoms with Crippen molar-refractivity contribution < 1.29 is 9.94 Å². The van der Waals surface area contributed by atoms with Crippen LogP contribution in [0, 0.1) is 0 Å². The summed E-state index contributed by atoms with van der Waals surface area (Å²) in [5.74, 6) is 0.261. The molecule has 0 bridgehead atoms. The molecule has 1 saturated heterocycles. The van der Waals surface area contributed by atoms with Crippen molar-refractivity contribution in [1.82, 2.24) is 4.90 Å². The lowest BCUT2D eigenvalue weighted by Gasteiger charge is -2.31. The SMILES string of the molecule is CC(C(N)=NO)N1CCOCC1. The summed E-state index contributed by atoms with van der Waals surface area (Å²) in [6.45, 7) is 5.06. The van der Waals surface area contributed by atoms with Gasteiger partial charge in [-0.25, -0.2) is 0 Å². The van der Waals surface area contributed by atoms with Crippen LogP contribution in [0.1, 0.15) is 6.92 Å². The van der Waals surface area contributed by atoms with Gasteiger partial charge in [-0.2, -0.15) is 0 Å². The summed E-state index contributed by atoms with van der Waals surface area (Å²) in [6, 6.07) is -0.00102. The van der Waals surface area contributed by atoms with Crippen LogP contribution >= 0.6 is 0 Å². The number of nitrogens with two attached hydrogens (primary N) is 1. The van der Waals surface area contributed by atoms with Crippen LogP contribution in [0.4, 0.5) is 0 Å². The van der Waals surface area contributed by atoms with E-state index in [1.54, 1.807) is 0 Å². The van der Waals surface area contributed by atoms with Gasteiger partial charge in [-0.1, -0.05) is 5.16 Å². The minimum absolute atomic E-state index is 0.00102. The van der Waals surface area contributed by atoms with Crippen molar-refractivity contribution in [3.8, 4) is 0 Å². The van der Waals surface area contributed by atoms with Crippen molar-refractivity contribution in [3.63, 3.8) is 0 Å². The molecule has 0 aliphatic carbocycles. The maximum absolute atomic E-state index is 8.44. The molecule has 1 atom stereocenters. The Labute approximate surface area is 71.8 Å². The summed E-state index contributed by atoms with van der Waals surface area (Å²) < 4.78 is 5.18. The fourth-order valence-corrected chi connectivity index (χ4v) is 1.24. The van der Waals surface area contributed by atoms with Crippen molar-refractivity contribution in [1.29, 1.82) is 0 Å². The molecular weight excluding hydrogens is 158 g/mol. The molecule has 1 fully saturated rings. The topological polar surface area (TPSA) is 71.1 Å². The molecule has 0 aromatic heterocycles. The highest BCUT2D eigenvalue weighted by molar-refractivity contribution is 5.84. The zero-order valence-corrected chi connectivity index (χ0v) is 7.23. The molecule has 1 rings (SSSR count). The molecule has 1 aliphatic rings. The van der Waals surface area contributed by atoms with Crippen LogP contribution in [-0.2, 0) is 4.74 Å². The molecule has 0 radical (unpaired) electrons. The quantitative estimate of drug-likeness (QED) is 0.254. The van der Waals surface area contributed by atoms with E-state index >= 15 is 0 Å². The van der Waals surface area contributed by atoms with E-state index in [9.17, 15) is 0 Å². The fourth-order valence-electron chi connectivity index (χ4n) is 1.24. The summed E-state index contributed by atoms with van der Waals surface area (Å²) >= 11 is 0. The number of hydrogen-bond donors (Lipinski definition) is 2. The number of hydrogen-bond acceptors (Lipinski definition) is 4. The van der Waals surface area contributed by atoms with Crippen molar-refractivity contribution >= 4 is 5.84 Å². The molecule has 1 aliphatic heterocycles. The minimum atomic E-state index is -0.00102. The number of oxime groups is 1. The first-order chi connectivity index (χ1) is 5.75. The zero-order chi connectivity index (χ0) is 8.97. The smallest absolute Gasteiger partial charge is 0.156 e. The molecule has 12 heavy (non-hydrogen) atoms. The normalized spacial score (nSPS) is 23.9. The molecule has 0 spiro atoms. The maximum Gasteiger partial charge on any atom is 0.156 e. The van der Waals surface area contributed by atoms with Crippen molar-refractivity contribution in [2.45, 2.75) is 13.0 Å². The first-order valence-electron chi connectivity index (χ1n) is 4.05. The predicted octanol–water partition coefficient (Wildman–Crippen LogP) is -0.546. The van der Waals surface area contributed by atoms with Crippen LogP contribution in [0.15, 0.2) is 5.16 Å². The van der Waals surface area contributed by atoms with Gasteiger partial charge in [0.25, 0.3) is 0 Å². The molecular formula is C7H15N3O2. The summed E-state index contributed by atoms with van der Waals surface area (Å²) in [6.07, 6.45) is 0. The van der Waals surface area contributed by atoms with Crippen LogP contribution in [0.25, 0.3) is 0 Å². The van der Waals surface area contributed by atoms with E-state index in [1.165, 1.54) is 0 Å². The number of amidine groups is 1. The van der Waals surface area contributed by atoms with Gasteiger partial charge < -0.3 is 15.7 Å². The molecule has 1 heterocycles. The first kappa shape index (κ1) is 9.28. The first-order valence-corrected chi connectivity index (χ1v) is 4.05. The van der Waals surface area contributed by atoms with Gasteiger partial charge in [-0.3, -0.25) is 4.90 Å². The van der Waals surface area contributed by atoms with Crippen LogP contribution in [0.5, 0.6) is 0 Å². The highest BCUT2D eigenvalue weighted by atomic mass is 16.5. The maximum atomic E-state index is 8.44. The molecule has 5 nitrogen and oxygen atoms in total. The third-order valence-electron chi connectivity index (χ3n) is 2.14. The van der Waals surface area contributed by atoms with Gasteiger partial charge >= 0.3 is 0 Å². The number of rotatable bonds is 2. The molecule has 3 N–H and O–H groups in total. The Morgan fingerprint density at radius 1 is 1.58 bits per heavy atom. The van der Waals surface area contributed by atoms with E-state index in [1.807, 2.05) is 6.92 Å². The van der Waals surface area contributed by atoms with E-state index in [-0.39, 0.29) is 11.9 Å². The van der Waals surface area contributed by atoms with Gasteiger partial charge in [0.2, 0.25) is 0 Å². The number of nitrogens with zero attached hydrogens (tertiary/aromatic N) is 2. The Balaban J connectivity index is 2.44. The monoisotopic (exact) mass is 173 g/mol. The van der Waals surface area contributed by atoms with E-state index in [0.29, 0.717) is 0 Å². The van der Waals surface area contributed by atoms with E-state index in [0.717, 1.165) is 26.3 Å². The van der Waals surface area contributed by atoms with Crippen LogP contribution in [0.2, 0.25) is 0 Å². The van der Waals surface area contributed by atoms with Crippen LogP contribution in [-0.4, -0.2) is 48.3 Å². The predicted molar refractivity (Wildman–Crippen MR) is 45.3 cm³/mol. The van der Waals surface area contributed by atoms with Crippen molar-refractivity contribution in [2.75, 3.05) is 26.3 Å². The lowest BCUT2D eigenvalue weighted by Crippen LogP contribution is -2.48. The van der Waals surface area contributed by atoms with E-state index in [4.69, 9.17) is 15.7 Å². The lowest BCUT2D eigenvalue weighted by atomic mass is 10.2. The van der Waals surface area contributed by atoms with Crippen molar-refractivity contribution in [3.05, 3.63) is 0 Å². The average molecular weight is 173 g/mol. The summed E-state index contributed by atoms with van der Waals surface area (Å²) in [4.78, 5) is 2.12. The molecule has 0 aromatic carbocycles. The van der Waals surface area contributed by atoms with Gasteiger partial charge in [0.05, 0.1) is 19.3 Å².